The zero-order valence-electron chi connectivity index (χ0n) is 8.33. The molecule has 0 radical (unpaired) electrons. The maximum absolute atomic E-state index is 11.3. The average molecular weight is 226 g/mol. The highest BCUT2D eigenvalue weighted by atomic mass is 32.2. The maximum Gasteiger partial charge on any atom is 0.277 e. The van der Waals surface area contributed by atoms with E-state index in [0.29, 0.717) is 6.54 Å². The quantitative estimate of drug-likeness (QED) is 0.818. The predicted molar refractivity (Wildman–Crippen MR) is 58.2 cm³/mol. The summed E-state index contributed by atoms with van der Waals surface area (Å²) in [4.78, 5) is 0. The van der Waals surface area contributed by atoms with E-state index in [0.717, 1.165) is 18.4 Å². The third-order valence-corrected chi connectivity index (χ3v) is 3.81. The minimum atomic E-state index is -3.57. The van der Waals surface area contributed by atoms with Crippen molar-refractivity contribution < 1.29 is 8.42 Å². The molecule has 2 rings (SSSR count). The Morgan fingerprint density at radius 1 is 1.27 bits per heavy atom. The molecule has 1 aromatic rings. The minimum absolute atomic E-state index is 0.0822. The van der Waals surface area contributed by atoms with Crippen molar-refractivity contribution in [1.82, 2.24) is 4.31 Å². The zero-order chi connectivity index (χ0) is 10.9. The molecule has 2 N–H and O–H groups in total. The predicted octanol–water partition coefficient (Wildman–Crippen LogP) is 1.03. The van der Waals surface area contributed by atoms with E-state index in [-0.39, 0.29) is 6.04 Å². The van der Waals surface area contributed by atoms with Crippen molar-refractivity contribution in [2.45, 2.75) is 18.9 Å². The summed E-state index contributed by atoms with van der Waals surface area (Å²) < 4.78 is 24.0. The van der Waals surface area contributed by atoms with E-state index in [2.05, 4.69) is 0 Å². The Balaban J connectivity index is 2.30. The molecule has 1 fully saturated rings. The normalized spacial score (nSPS) is 23.1. The van der Waals surface area contributed by atoms with Gasteiger partial charge in [0.05, 0.1) is 6.04 Å². The molecule has 0 aromatic heterocycles. The number of rotatable bonds is 2. The first kappa shape index (κ1) is 10.6. The molecule has 1 aliphatic rings. The number of benzene rings is 1. The summed E-state index contributed by atoms with van der Waals surface area (Å²) in [6.07, 6.45) is 1.72. The van der Waals surface area contributed by atoms with Crippen LogP contribution in [0.4, 0.5) is 0 Å². The first-order chi connectivity index (χ1) is 7.09. The molecule has 0 spiro atoms. The Labute approximate surface area is 89.9 Å². The monoisotopic (exact) mass is 226 g/mol. The largest absolute Gasteiger partial charge is 0.277 e. The molecule has 0 saturated carbocycles. The third-order valence-electron chi connectivity index (χ3n) is 2.71. The minimum Gasteiger partial charge on any atom is -0.216 e. The van der Waals surface area contributed by atoms with Crippen LogP contribution in [-0.4, -0.2) is 19.3 Å². The molecule has 5 heteroatoms. The van der Waals surface area contributed by atoms with Gasteiger partial charge in [-0.1, -0.05) is 30.3 Å². The fraction of sp³-hybridized carbons (Fsp3) is 0.400. The van der Waals surface area contributed by atoms with Crippen LogP contribution in [0, 0.1) is 0 Å². The second-order valence-corrected chi connectivity index (χ2v) is 5.22. The molecule has 82 valence electrons. The summed E-state index contributed by atoms with van der Waals surface area (Å²) in [5, 5.41) is 5.17. The number of hydrogen-bond acceptors (Lipinski definition) is 2. The molecule has 0 bridgehead atoms. The molecule has 1 atom stereocenters. The third kappa shape index (κ3) is 2.19. The molecule has 15 heavy (non-hydrogen) atoms. The van der Waals surface area contributed by atoms with E-state index >= 15 is 0 Å². The zero-order valence-corrected chi connectivity index (χ0v) is 9.15. The number of nitrogens with two attached hydrogens (primary N) is 1. The van der Waals surface area contributed by atoms with Gasteiger partial charge in [-0.3, -0.25) is 0 Å². The lowest BCUT2D eigenvalue weighted by Crippen LogP contribution is -2.36. The van der Waals surface area contributed by atoms with E-state index in [4.69, 9.17) is 5.14 Å². The number of nitrogens with zero attached hydrogens (tertiary/aromatic N) is 1. The first-order valence-corrected chi connectivity index (χ1v) is 6.44. The highest BCUT2D eigenvalue weighted by molar-refractivity contribution is 7.86. The Kier molecular flexibility index (Phi) is 2.77. The van der Waals surface area contributed by atoms with Crippen LogP contribution < -0.4 is 5.14 Å². The van der Waals surface area contributed by atoms with Gasteiger partial charge < -0.3 is 0 Å². The smallest absolute Gasteiger partial charge is 0.216 e. The van der Waals surface area contributed by atoms with Crippen LogP contribution in [0.3, 0.4) is 0 Å². The summed E-state index contributed by atoms with van der Waals surface area (Å²) in [6.45, 7) is 0.526. The van der Waals surface area contributed by atoms with Gasteiger partial charge in [0.15, 0.2) is 0 Å². The molecule has 0 aliphatic carbocycles. The molecule has 1 aromatic carbocycles. The molecule has 4 nitrogen and oxygen atoms in total. The standard InChI is InChI=1S/C10H14N2O2S/c11-15(13,14)12-8-4-7-10(12)9-5-2-1-3-6-9/h1-3,5-6,10H,4,7-8H2,(H2,11,13,14). The van der Waals surface area contributed by atoms with Gasteiger partial charge in [0.2, 0.25) is 0 Å². The molecular formula is C10H14N2O2S. The van der Waals surface area contributed by atoms with Crippen molar-refractivity contribution in [3.8, 4) is 0 Å². The van der Waals surface area contributed by atoms with Crippen molar-refractivity contribution in [3.63, 3.8) is 0 Å². The Morgan fingerprint density at radius 2 is 1.93 bits per heavy atom. The van der Waals surface area contributed by atoms with Crippen molar-refractivity contribution in [1.29, 1.82) is 0 Å². The summed E-state index contributed by atoms with van der Waals surface area (Å²) in [5.41, 5.74) is 1.02. The van der Waals surface area contributed by atoms with Crippen LogP contribution in [-0.2, 0) is 10.2 Å². The topological polar surface area (TPSA) is 63.4 Å². The van der Waals surface area contributed by atoms with Crippen LogP contribution >= 0.6 is 0 Å². The highest BCUT2D eigenvalue weighted by Gasteiger charge is 2.32. The number of hydrogen-bond donors (Lipinski definition) is 1. The maximum atomic E-state index is 11.3. The molecule has 1 saturated heterocycles. The van der Waals surface area contributed by atoms with Gasteiger partial charge in [-0.25, -0.2) is 5.14 Å². The summed E-state index contributed by atoms with van der Waals surface area (Å²) in [7, 11) is -3.57. The van der Waals surface area contributed by atoms with Crippen molar-refractivity contribution in [2.24, 2.45) is 5.14 Å². The summed E-state index contributed by atoms with van der Waals surface area (Å²) in [5.74, 6) is 0. The van der Waals surface area contributed by atoms with Gasteiger partial charge in [0.1, 0.15) is 0 Å². The van der Waals surface area contributed by atoms with Crippen LogP contribution in [0.2, 0.25) is 0 Å². The van der Waals surface area contributed by atoms with Crippen LogP contribution in [0.15, 0.2) is 30.3 Å². The van der Waals surface area contributed by atoms with Crippen LogP contribution in [0.25, 0.3) is 0 Å². The SMILES string of the molecule is NS(=O)(=O)N1CCCC1c1ccccc1. The van der Waals surface area contributed by atoms with E-state index in [1.54, 1.807) is 0 Å². The van der Waals surface area contributed by atoms with Crippen molar-refractivity contribution in [2.75, 3.05) is 6.54 Å². The molecule has 1 aliphatic heterocycles. The van der Waals surface area contributed by atoms with Gasteiger partial charge in [-0.05, 0) is 18.4 Å². The molecule has 1 heterocycles. The summed E-state index contributed by atoms with van der Waals surface area (Å²) >= 11 is 0. The van der Waals surface area contributed by atoms with Gasteiger partial charge >= 0.3 is 0 Å². The van der Waals surface area contributed by atoms with E-state index < -0.39 is 10.2 Å². The fourth-order valence-electron chi connectivity index (χ4n) is 2.05. The van der Waals surface area contributed by atoms with Crippen LogP contribution in [0.1, 0.15) is 24.4 Å². The molecule has 0 amide bonds. The van der Waals surface area contributed by atoms with Gasteiger partial charge in [-0.2, -0.15) is 12.7 Å². The van der Waals surface area contributed by atoms with Crippen LogP contribution in [0.5, 0.6) is 0 Å². The second-order valence-electron chi connectivity index (χ2n) is 3.72. The van der Waals surface area contributed by atoms with E-state index in [1.807, 2.05) is 30.3 Å². The Morgan fingerprint density at radius 3 is 2.53 bits per heavy atom. The summed E-state index contributed by atoms with van der Waals surface area (Å²) in [6, 6.07) is 9.53. The molecule has 1 unspecified atom stereocenters. The Bertz CT molecular complexity index is 430. The van der Waals surface area contributed by atoms with Gasteiger partial charge in [-0.15, -0.1) is 0 Å². The second kappa shape index (κ2) is 3.92. The lowest BCUT2D eigenvalue weighted by Gasteiger charge is -2.21. The van der Waals surface area contributed by atoms with Gasteiger partial charge in [0, 0.05) is 6.54 Å². The van der Waals surface area contributed by atoms with Crippen molar-refractivity contribution >= 4 is 10.2 Å². The van der Waals surface area contributed by atoms with Crippen molar-refractivity contribution in [3.05, 3.63) is 35.9 Å². The molecular weight excluding hydrogens is 212 g/mol. The van der Waals surface area contributed by atoms with Gasteiger partial charge in [0.25, 0.3) is 10.2 Å². The average Bonchev–Trinajstić information content (AvgIpc) is 2.67. The van der Waals surface area contributed by atoms with E-state index in [1.165, 1.54) is 4.31 Å². The Hall–Kier alpha value is -0.910. The first-order valence-electron chi connectivity index (χ1n) is 4.93. The fourth-order valence-corrected chi connectivity index (χ4v) is 3.02. The highest BCUT2D eigenvalue weighted by Crippen LogP contribution is 2.32. The lowest BCUT2D eigenvalue weighted by molar-refractivity contribution is 0.397. The lowest BCUT2D eigenvalue weighted by atomic mass is 10.1. The van der Waals surface area contributed by atoms with E-state index in [9.17, 15) is 8.42 Å².